The van der Waals surface area contributed by atoms with Gasteiger partial charge in [-0.3, -0.25) is 9.59 Å². The number of carbonyl (C=O) groups excluding carboxylic acids is 1. The quantitative estimate of drug-likeness (QED) is 0.511. The molecule has 1 amide bonds. The van der Waals surface area contributed by atoms with Crippen LogP contribution in [0.3, 0.4) is 0 Å². The van der Waals surface area contributed by atoms with E-state index >= 15 is 0 Å². The summed E-state index contributed by atoms with van der Waals surface area (Å²) in [5.74, 6) is -1.64. The van der Waals surface area contributed by atoms with E-state index in [9.17, 15) is 9.59 Å². The van der Waals surface area contributed by atoms with Crippen molar-refractivity contribution in [3.63, 3.8) is 0 Å². The molecule has 94 valence electrons. The predicted molar refractivity (Wildman–Crippen MR) is 64.7 cm³/mol. The number of aliphatic carboxylic acids is 1. The average Bonchev–Trinajstić information content (AvgIpc) is 2.82. The number of nitrogens with zero attached hydrogens (tertiary/aromatic N) is 2. The van der Waals surface area contributed by atoms with Crippen LogP contribution >= 0.6 is 11.3 Å². The van der Waals surface area contributed by atoms with Crippen LogP contribution in [0, 0.1) is 11.3 Å². The van der Waals surface area contributed by atoms with Crippen LogP contribution in [0.25, 0.3) is 0 Å². The van der Waals surface area contributed by atoms with Crippen molar-refractivity contribution >= 4 is 28.3 Å². The second-order valence-corrected chi connectivity index (χ2v) is 3.95. The summed E-state index contributed by atoms with van der Waals surface area (Å²) in [5.41, 5.74) is -0.143. The van der Waals surface area contributed by atoms with Gasteiger partial charge in [0.15, 0.2) is 5.13 Å². The molecule has 0 bridgehead atoms. The fourth-order valence-electron chi connectivity index (χ4n) is 0.955. The third kappa shape index (κ3) is 4.63. The van der Waals surface area contributed by atoms with Gasteiger partial charge >= 0.3 is 5.97 Å². The first-order chi connectivity index (χ1) is 8.63. The van der Waals surface area contributed by atoms with Crippen LogP contribution in [0.4, 0.5) is 5.13 Å². The molecule has 0 unspecified atom stereocenters. The van der Waals surface area contributed by atoms with Crippen molar-refractivity contribution in [2.45, 2.75) is 6.42 Å². The molecular formula is C10H10N4O3S. The molecule has 0 aromatic carbocycles. The van der Waals surface area contributed by atoms with E-state index in [4.69, 9.17) is 10.4 Å². The topological polar surface area (TPSA) is 115 Å². The van der Waals surface area contributed by atoms with Gasteiger partial charge < -0.3 is 15.7 Å². The van der Waals surface area contributed by atoms with Gasteiger partial charge in [-0.05, 0) is 0 Å². The second-order valence-electron chi connectivity index (χ2n) is 3.05. The van der Waals surface area contributed by atoms with E-state index in [0.29, 0.717) is 5.13 Å². The molecule has 3 N–H and O–H groups in total. The van der Waals surface area contributed by atoms with Crippen molar-refractivity contribution in [3.8, 4) is 6.07 Å². The lowest BCUT2D eigenvalue weighted by atomic mass is 10.3. The molecule has 0 aliphatic heterocycles. The normalized spacial score (nSPS) is 10.5. The van der Waals surface area contributed by atoms with Crippen molar-refractivity contribution < 1.29 is 14.7 Å². The Kier molecular flexibility index (Phi) is 5.34. The van der Waals surface area contributed by atoms with Gasteiger partial charge in [0.2, 0.25) is 0 Å². The summed E-state index contributed by atoms with van der Waals surface area (Å²) in [7, 11) is 0. The first kappa shape index (κ1) is 13.7. The van der Waals surface area contributed by atoms with Crippen molar-refractivity contribution in [1.29, 1.82) is 5.26 Å². The molecule has 1 aromatic heterocycles. The van der Waals surface area contributed by atoms with E-state index < -0.39 is 11.9 Å². The van der Waals surface area contributed by atoms with Gasteiger partial charge in [0.1, 0.15) is 11.6 Å². The Hall–Kier alpha value is -2.40. The Morgan fingerprint density at radius 3 is 2.94 bits per heavy atom. The highest BCUT2D eigenvalue weighted by Crippen LogP contribution is 2.10. The summed E-state index contributed by atoms with van der Waals surface area (Å²) in [6.07, 6.45) is 2.62. The van der Waals surface area contributed by atoms with E-state index in [1.165, 1.54) is 17.5 Å². The predicted octanol–water partition coefficient (Wildman–Crippen LogP) is 0.553. The molecule has 1 aromatic rings. The van der Waals surface area contributed by atoms with Gasteiger partial charge in [0, 0.05) is 24.3 Å². The maximum atomic E-state index is 11.5. The van der Waals surface area contributed by atoms with Gasteiger partial charge in [0.05, 0.1) is 6.42 Å². The fourth-order valence-corrected chi connectivity index (χ4v) is 1.45. The minimum Gasteiger partial charge on any atom is -0.481 e. The van der Waals surface area contributed by atoms with E-state index in [2.05, 4.69) is 15.6 Å². The van der Waals surface area contributed by atoms with Crippen LogP contribution in [-0.2, 0) is 9.59 Å². The van der Waals surface area contributed by atoms with Crippen LogP contribution in [0.5, 0.6) is 0 Å². The number of amides is 1. The summed E-state index contributed by atoms with van der Waals surface area (Å²) in [4.78, 5) is 25.6. The summed E-state index contributed by atoms with van der Waals surface area (Å²) < 4.78 is 0. The molecule has 1 rings (SSSR count). The van der Waals surface area contributed by atoms with Gasteiger partial charge in [-0.15, -0.1) is 11.3 Å². The largest absolute Gasteiger partial charge is 0.481 e. The zero-order valence-corrected chi connectivity index (χ0v) is 10.0. The Balaban J connectivity index is 2.49. The monoisotopic (exact) mass is 266 g/mol. The molecule has 18 heavy (non-hydrogen) atoms. The number of anilines is 1. The Morgan fingerprint density at radius 2 is 2.39 bits per heavy atom. The zero-order chi connectivity index (χ0) is 13.4. The van der Waals surface area contributed by atoms with Gasteiger partial charge in [0.25, 0.3) is 5.91 Å². The summed E-state index contributed by atoms with van der Waals surface area (Å²) in [5, 5.41) is 24.5. The minimum absolute atomic E-state index is 0.0234. The van der Waals surface area contributed by atoms with Crippen molar-refractivity contribution in [3.05, 3.63) is 23.3 Å². The van der Waals surface area contributed by atoms with Crippen LogP contribution in [0.15, 0.2) is 23.3 Å². The third-order valence-electron chi connectivity index (χ3n) is 1.76. The summed E-state index contributed by atoms with van der Waals surface area (Å²) in [6.45, 7) is -0.0234. The van der Waals surface area contributed by atoms with Crippen molar-refractivity contribution in [2.75, 3.05) is 11.9 Å². The van der Waals surface area contributed by atoms with Crippen LogP contribution in [0.2, 0.25) is 0 Å². The van der Waals surface area contributed by atoms with Crippen LogP contribution in [-0.4, -0.2) is 28.5 Å². The number of nitriles is 1. The number of hydrogen-bond acceptors (Lipinski definition) is 6. The molecule has 0 fully saturated rings. The van der Waals surface area contributed by atoms with Crippen molar-refractivity contribution in [1.82, 2.24) is 10.3 Å². The number of hydrogen-bond donors (Lipinski definition) is 3. The van der Waals surface area contributed by atoms with Crippen molar-refractivity contribution in [2.24, 2.45) is 0 Å². The number of aromatic nitrogens is 1. The number of rotatable bonds is 6. The molecule has 0 saturated carbocycles. The number of carboxylic acids is 1. The molecule has 0 aliphatic rings. The number of carbonyl (C=O) groups is 2. The first-order valence-electron chi connectivity index (χ1n) is 4.89. The average molecular weight is 266 g/mol. The maximum Gasteiger partial charge on any atom is 0.305 e. The van der Waals surface area contributed by atoms with Gasteiger partial charge in [-0.25, -0.2) is 4.98 Å². The van der Waals surface area contributed by atoms with Gasteiger partial charge in [-0.2, -0.15) is 5.26 Å². The molecule has 0 radical (unpaired) electrons. The Labute approximate surface area is 107 Å². The summed E-state index contributed by atoms with van der Waals surface area (Å²) >= 11 is 1.32. The zero-order valence-electron chi connectivity index (χ0n) is 9.21. The molecule has 0 aliphatic carbocycles. The van der Waals surface area contributed by atoms with E-state index in [1.54, 1.807) is 17.6 Å². The Bertz CT molecular complexity index is 490. The van der Waals surface area contributed by atoms with Gasteiger partial charge in [-0.1, -0.05) is 0 Å². The van der Waals surface area contributed by atoms with E-state index in [1.807, 2.05) is 0 Å². The lowest BCUT2D eigenvalue weighted by Gasteiger charge is -2.02. The third-order valence-corrected chi connectivity index (χ3v) is 2.47. The maximum absolute atomic E-state index is 11.5. The van der Waals surface area contributed by atoms with E-state index in [0.717, 1.165) is 0 Å². The first-order valence-corrected chi connectivity index (χ1v) is 5.77. The number of thiazole rings is 1. The standard InChI is InChI=1S/C10H10N4O3S/c11-5-7(6-14-10-13-3-4-18-10)9(17)12-2-1-8(15)16/h3-4,6H,1-2H2,(H,12,17)(H,13,14)(H,15,16)/b7-6-. The SMILES string of the molecule is N#C/C(=C/Nc1nccs1)C(=O)NCCC(=O)O. The van der Waals surface area contributed by atoms with Crippen LogP contribution in [0.1, 0.15) is 6.42 Å². The fraction of sp³-hybridized carbons (Fsp3) is 0.200. The molecule has 8 heteroatoms. The molecule has 0 atom stereocenters. The lowest BCUT2D eigenvalue weighted by molar-refractivity contribution is -0.136. The second kappa shape index (κ2) is 7.03. The highest BCUT2D eigenvalue weighted by Gasteiger charge is 2.08. The highest BCUT2D eigenvalue weighted by molar-refractivity contribution is 7.13. The molecule has 1 heterocycles. The highest BCUT2D eigenvalue weighted by atomic mass is 32.1. The molecular weight excluding hydrogens is 256 g/mol. The summed E-state index contributed by atoms with van der Waals surface area (Å²) in [6, 6.07) is 1.72. The smallest absolute Gasteiger partial charge is 0.305 e. The molecule has 7 nitrogen and oxygen atoms in total. The molecule has 0 spiro atoms. The molecule has 0 saturated heterocycles. The lowest BCUT2D eigenvalue weighted by Crippen LogP contribution is -2.27. The van der Waals surface area contributed by atoms with Crippen LogP contribution < -0.4 is 10.6 Å². The minimum atomic E-state index is -1.02. The Morgan fingerprint density at radius 1 is 1.61 bits per heavy atom. The number of nitrogens with one attached hydrogen (secondary N) is 2. The number of carboxylic acid groups (broad SMARTS) is 1. The van der Waals surface area contributed by atoms with E-state index in [-0.39, 0.29) is 18.5 Å².